The van der Waals surface area contributed by atoms with Crippen LogP contribution in [-0.4, -0.2) is 0 Å². The summed E-state index contributed by atoms with van der Waals surface area (Å²) in [6.45, 7) is 94.2. The van der Waals surface area contributed by atoms with Gasteiger partial charge in [0.25, 0.3) is 0 Å². The van der Waals surface area contributed by atoms with E-state index < -0.39 is 0 Å². The Labute approximate surface area is 534 Å². The summed E-state index contributed by atoms with van der Waals surface area (Å²) in [4.78, 5) is 0. The summed E-state index contributed by atoms with van der Waals surface area (Å²) < 4.78 is 0. The fourth-order valence-electron chi connectivity index (χ4n) is 2.14. The predicted molar refractivity (Wildman–Crippen MR) is 413 cm³/mol. The molecule has 0 aliphatic heterocycles. The molecule has 0 amide bonds. The van der Waals surface area contributed by atoms with Crippen molar-refractivity contribution in [2.75, 3.05) is 0 Å². The molecule has 0 spiro atoms. The molecular weight excluding hydrogens is 985 g/mol. The molecule has 0 heteroatoms. The smallest absolute Gasteiger partial charge is 0.0307 e. The maximum Gasteiger partial charge on any atom is -0.0307 e. The fraction of sp³-hybridized carbons (Fsp3) is 0.732. The van der Waals surface area contributed by atoms with Gasteiger partial charge in [0.1, 0.15) is 0 Å². The van der Waals surface area contributed by atoms with Crippen LogP contribution in [0.15, 0.2) is 117 Å². The second-order valence-corrected chi connectivity index (χ2v) is 23.7. The van der Waals surface area contributed by atoms with Gasteiger partial charge in [0.2, 0.25) is 0 Å². The van der Waals surface area contributed by atoms with Gasteiger partial charge in [0.15, 0.2) is 0 Å². The maximum atomic E-state index is 3.00. The van der Waals surface area contributed by atoms with Crippen LogP contribution in [0.4, 0.5) is 0 Å². The molecule has 3 aromatic rings. The Morgan fingerprint density at radius 2 is 0.488 bits per heavy atom. The van der Waals surface area contributed by atoms with Crippen molar-refractivity contribution in [3.05, 3.63) is 134 Å². The molecule has 82 heavy (non-hydrogen) atoms. The fourth-order valence-corrected chi connectivity index (χ4v) is 2.14. The highest BCUT2D eigenvalue weighted by Gasteiger charge is 2.03. The summed E-state index contributed by atoms with van der Waals surface area (Å²) in [6.07, 6.45) is 15.5. The Balaban J connectivity index is -0.0000000335. The van der Waals surface area contributed by atoms with Gasteiger partial charge in [-0.1, -0.05) is 444 Å². The summed E-state index contributed by atoms with van der Waals surface area (Å²) >= 11 is 0. The molecule has 0 radical (unpaired) electrons. The predicted octanol–water partition coefficient (Wildman–Crippen LogP) is 32.6. The lowest BCUT2D eigenvalue weighted by Gasteiger charge is -2.12. The molecule has 0 N–H and O–H groups in total. The zero-order valence-corrected chi connectivity index (χ0v) is 63.4. The van der Waals surface area contributed by atoms with Gasteiger partial charge in [-0.05, 0) is 66.3 Å². The maximum absolute atomic E-state index is 3.00. The van der Waals surface area contributed by atoms with Crippen LogP contribution in [0.25, 0.3) is 0 Å². The number of rotatable bonds is 7. The normalized spacial score (nSPS) is 8.18. The van der Waals surface area contributed by atoms with E-state index in [2.05, 4.69) is 310 Å². The van der Waals surface area contributed by atoms with Crippen LogP contribution in [0.5, 0.6) is 0 Å². The van der Waals surface area contributed by atoms with Crippen LogP contribution in [0.2, 0.25) is 0 Å². The van der Waals surface area contributed by atoms with Crippen molar-refractivity contribution in [2.45, 2.75) is 362 Å². The molecule has 3 rings (SSSR count). The molecule has 0 aliphatic rings. The summed E-state index contributed by atoms with van der Waals surface area (Å²) in [7, 11) is 0. The molecule has 0 bridgehead atoms. The highest BCUT2D eigenvalue weighted by Crippen LogP contribution is 2.16. The topological polar surface area (TPSA) is 0 Å². The lowest BCUT2D eigenvalue weighted by atomic mass is 9.94. The summed E-state index contributed by atoms with van der Waals surface area (Å²) in [6, 6.07) is 31.0. The van der Waals surface area contributed by atoms with Gasteiger partial charge in [-0.3, -0.25) is 0 Å². The third kappa shape index (κ3) is 362. The molecule has 0 saturated carbocycles. The average molecular weight is 1160 g/mol. The van der Waals surface area contributed by atoms with Gasteiger partial charge in [0, 0.05) is 0 Å². The standard InChI is InChI=1S/C8H10.2C7H8.C6H14.5C5H12.3C4H10.2C3H8.2C2H6.2C2H4.3CH4/c1-2-8-6-4-3-5-7-8;2*1-7-5-3-2-4-6-7;1-5-6(2,3)4;1-5(2,3)4;3*1-4-5(2)3;1-3-5-4-2;2*1-4(2)3;1-3-4-2;2*1-3-2;4*1-2;;;/h3-7H,2H2,1H3;2*2-6H,1H3;5H2,1-4H3;1-4H3;3*5H,4H2,1-3H3;3-5H2,1-2H3;2*4H,1-3H3;3-4H2,1-2H3;2*3H2,1-2H3;2*1-2H3;2*1-2H2;3*1H4. The number of hydrogen-bond acceptors (Lipinski definition) is 0. The lowest BCUT2D eigenvalue weighted by Crippen LogP contribution is -2.00. The van der Waals surface area contributed by atoms with E-state index in [0.717, 1.165) is 36.0 Å². The minimum absolute atomic E-state index is 0. The Bertz CT molecular complexity index is 1090. The van der Waals surface area contributed by atoms with E-state index in [-0.39, 0.29) is 22.3 Å². The van der Waals surface area contributed by atoms with Crippen molar-refractivity contribution in [3.8, 4) is 0 Å². The van der Waals surface area contributed by atoms with Gasteiger partial charge in [-0.15, -0.1) is 26.3 Å². The van der Waals surface area contributed by atoms with Gasteiger partial charge < -0.3 is 0 Å². The molecule has 506 valence electrons. The first-order valence-corrected chi connectivity index (χ1v) is 32.8. The summed E-state index contributed by atoms with van der Waals surface area (Å²) in [5, 5.41) is 0. The van der Waals surface area contributed by atoms with E-state index in [0.29, 0.717) is 10.8 Å². The monoisotopic (exact) mass is 1160 g/mol. The molecule has 0 atom stereocenters. The van der Waals surface area contributed by atoms with E-state index in [1.165, 1.54) is 87.3 Å². The summed E-state index contributed by atoms with van der Waals surface area (Å²) in [5.74, 6) is 4.32. The summed E-state index contributed by atoms with van der Waals surface area (Å²) in [5.41, 5.74) is 5.09. The molecule has 0 aliphatic carbocycles. The van der Waals surface area contributed by atoms with Gasteiger partial charge in [-0.25, -0.2) is 0 Å². The van der Waals surface area contributed by atoms with Crippen LogP contribution >= 0.6 is 0 Å². The Morgan fingerprint density at radius 1 is 0.341 bits per heavy atom. The van der Waals surface area contributed by atoms with Gasteiger partial charge in [0.05, 0.1) is 0 Å². The van der Waals surface area contributed by atoms with E-state index >= 15 is 0 Å². The Morgan fingerprint density at radius 3 is 0.537 bits per heavy atom. The van der Waals surface area contributed by atoms with Gasteiger partial charge >= 0.3 is 0 Å². The van der Waals surface area contributed by atoms with E-state index in [9.17, 15) is 0 Å². The molecule has 0 aromatic heterocycles. The molecule has 0 nitrogen and oxygen atoms in total. The SMILES string of the molecule is C.C.C.C=C.C=C.CC.CC.CC(C)(C)C.CC(C)C.CC(C)C.CCC.CCC.CCC(C)(C)C.CCC(C)C.CCC(C)C.CCC(C)C.CCCC.CCCCC.CCc1ccccc1.Cc1ccccc1.Cc1ccccc1. The quantitative estimate of drug-likeness (QED) is 0.207. The molecule has 0 heterocycles. The van der Waals surface area contributed by atoms with E-state index in [1.807, 2.05) is 70.2 Å². The second kappa shape index (κ2) is 129. The molecule has 0 unspecified atom stereocenters. The van der Waals surface area contributed by atoms with Crippen LogP contribution in [0, 0.1) is 54.3 Å². The highest BCUT2D eigenvalue weighted by atomic mass is 14.1. The van der Waals surface area contributed by atoms with Crippen LogP contribution < -0.4 is 0 Å². The number of hydrogen-bond donors (Lipinski definition) is 0. The molecule has 0 saturated heterocycles. The molecule has 3 aromatic carbocycles. The van der Waals surface area contributed by atoms with Crippen molar-refractivity contribution < 1.29 is 0 Å². The first-order chi connectivity index (χ1) is 36.7. The molecular formula is C82H178. The molecule has 0 fully saturated rings. The highest BCUT2D eigenvalue weighted by molar-refractivity contribution is 5.14. The van der Waals surface area contributed by atoms with Crippen LogP contribution in [0.1, 0.15) is 359 Å². The second-order valence-electron chi connectivity index (χ2n) is 23.7. The zero-order chi connectivity index (χ0) is 66.7. The third-order valence-electron chi connectivity index (χ3n) is 7.85. The Hall–Kier alpha value is -2.86. The lowest BCUT2D eigenvalue weighted by molar-refractivity contribution is 0.398. The Kier molecular flexibility index (Phi) is 203. The first kappa shape index (κ1) is 129. The average Bonchev–Trinajstić information content (AvgIpc) is 3.40. The minimum Gasteiger partial charge on any atom is -0.106 e. The number of benzene rings is 3. The van der Waals surface area contributed by atoms with E-state index in [1.54, 1.807) is 0 Å². The zero-order valence-electron chi connectivity index (χ0n) is 63.4. The third-order valence-corrected chi connectivity index (χ3v) is 7.85. The van der Waals surface area contributed by atoms with Gasteiger partial charge in [-0.2, -0.15) is 0 Å². The van der Waals surface area contributed by atoms with Crippen molar-refractivity contribution in [1.82, 2.24) is 0 Å². The van der Waals surface area contributed by atoms with Crippen molar-refractivity contribution in [1.29, 1.82) is 0 Å². The minimum atomic E-state index is 0. The number of unbranched alkanes of at least 4 members (excludes halogenated alkanes) is 3. The van der Waals surface area contributed by atoms with Crippen molar-refractivity contribution in [3.63, 3.8) is 0 Å². The van der Waals surface area contributed by atoms with Crippen molar-refractivity contribution >= 4 is 0 Å². The number of aryl methyl sites for hydroxylation is 3. The van der Waals surface area contributed by atoms with E-state index in [4.69, 9.17) is 0 Å². The first-order valence-electron chi connectivity index (χ1n) is 32.8. The van der Waals surface area contributed by atoms with Crippen molar-refractivity contribution in [2.24, 2.45) is 40.4 Å². The van der Waals surface area contributed by atoms with Crippen LogP contribution in [-0.2, 0) is 6.42 Å². The largest absolute Gasteiger partial charge is 0.106 e. The van der Waals surface area contributed by atoms with Crippen LogP contribution in [0.3, 0.4) is 0 Å².